The van der Waals surface area contributed by atoms with Crippen molar-refractivity contribution in [2.45, 2.75) is 26.8 Å². The molecule has 3 aromatic rings. The third kappa shape index (κ3) is 2.94. The molecule has 0 aliphatic carbocycles. The fourth-order valence-corrected chi connectivity index (χ4v) is 3.98. The number of benzene rings is 1. The molecule has 0 spiro atoms. The Labute approximate surface area is 163 Å². The van der Waals surface area contributed by atoms with Crippen LogP contribution < -0.4 is 10.3 Å². The van der Waals surface area contributed by atoms with Crippen molar-refractivity contribution in [1.82, 2.24) is 4.90 Å². The van der Waals surface area contributed by atoms with Crippen LogP contribution in [0.15, 0.2) is 50.0 Å². The molecule has 1 aromatic carbocycles. The second-order valence-corrected chi connectivity index (χ2v) is 7.23. The van der Waals surface area contributed by atoms with E-state index in [-0.39, 0.29) is 17.1 Å². The van der Waals surface area contributed by atoms with Crippen LogP contribution in [0.3, 0.4) is 0 Å². The molecule has 2 aromatic heterocycles. The number of hydrogen-bond acceptors (Lipinski definition) is 4. The molecule has 0 radical (unpaired) electrons. The summed E-state index contributed by atoms with van der Waals surface area (Å²) in [5.74, 6) is 1.23. The first-order chi connectivity index (χ1) is 13.5. The average Bonchev–Trinajstić information content (AvgIpc) is 3.25. The first-order valence-corrected chi connectivity index (χ1v) is 9.81. The van der Waals surface area contributed by atoms with Crippen LogP contribution in [0.1, 0.15) is 47.5 Å². The number of quaternary nitrogens is 1. The van der Waals surface area contributed by atoms with Crippen LogP contribution in [0.4, 0.5) is 0 Å². The smallest absolute Gasteiger partial charge is 0.291 e. The van der Waals surface area contributed by atoms with E-state index in [0.29, 0.717) is 28.8 Å². The van der Waals surface area contributed by atoms with Gasteiger partial charge in [0, 0.05) is 0 Å². The highest BCUT2D eigenvalue weighted by molar-refractivity contribution is 5.98. The number of nitrogens with one attached hydrogen (secondary N) is 1. The number of fused-ring (bicyclic) bond motifs is 2. The van der Waals surface area contributed by atoms with E-state index >= 15 is 0 Å². The van der Waals surface area contributed by atoms with Crippen LogP contribution in [-0.2, 0) is 0 Å². The summed E-state index contributed by atoms with van der Waals surface area (Å²) >= 11 is 0. The number of carbonyl (C=O) groups is 1. The van der Waals surface area contributed by atoms with Crippen LogP contribution in [0, 0.1) is 6.92 Å². The highest BCUT2D eigenvalue weighted by Gasteiger charge is 2.44. The molecule has 0 bridgehead atoms. The minimum atomic E-state index is -0.549. The van der Waals surface area contributed by atoms with Gasteiger partial charge in [-0.1, -0.05) is 12.1 Å². The average molecular weight is 381 g/mol. The highest BCUT2D eigenvalue weighted by Crippen LogP contribution is 2.38. The summed E-state index contributed by atoms with van der Waals surface area (Å²) in [6, 6.07) is 10.2. The number of amides is 1. The first-order valence-electron chi connectivity index (χ1n) is 9.81. The van der Waals surface area contributed by atoms with E-state index in [1.807, 2.05) is 19.1 Å². The standard InChI is InChI=1S/C22H24N2O4/c1-4-23(5-2)12-13-24-19(17-11-10-14(3)27-17)18-20(25)15-8-6-7-9-16(15)28-21(18)22(24)26/h6-11,19H,4-5,12-13H2,1-3H3/p+1/t19-/m1/s1. The van der Waals surface area contributed by atoms with Gasteiger partial charge in [0.15, 0.2) is 5.43 Å². The highest BCUT2D eigenvalue weighted by atomic mass is 16.4. The molecule has 0 fully saturated rings. The minimum Gasteiger partial charge on any atom is -0.464 e. The van der Waals surface area contributed by atoms with Crippen molar-refractivity contribution in [3.63, 3.8) is 0 Å². The van der Waals surface area contributed by atoms with Gasteiger partial charge < -0.3 is 18.6 Å². The van der Waals surface area contributed by atoms with Gasteiger partial charge in [0.05, 0.1) is 37.1 Å². The Morgan fingerprint density at radius 3 is 2.46 bits per heavy atom. The third-order valence-corrected chi connectivity index (χ3v) is 5.61. The second kappa shape index (κ2) is 7.28. The summed E-state index contributed by atoms with van der Waals surface area (Å²) < 4.78 is 11.8. The number of likely N-dealkylation sites (N-methyl/N-ethyl adjacent to an activating group) is 1. The molecule has 1 aliphatic heterocycles. The summed E-state index contributed by atoms with van der Waals surface area (Å²) in [4.78, 5) is 29.6. The third-order valence-electron chi connectivity index (χ3n) is 5.61. The predicted molar refractivity (Wildman–Crippen MR) is 106 cm³/mol. The lowest BCUT2D eigenvalue weighted by atomic mass is 10.0. The minimum absolute atomic E-state index is 0.136. The lowest BCUT2D eigenvalue weighted by molar-refractivity contribution is -0.895. The van der Waals surface area contributed by atoms with Gasteiger partial charge >= 0.3 is 0 Å². The molecule has 146 valence electrons. The quantitative estimate of drug-likeness (QED) is 0.711. The van der Waals surface area contributed by atoms with Crippen molar-refractivity contribution < 1.29 is 18.5 Å². The van der Waals surface area contributed by atoms with Crippen molar-refractivity contribution in [3.05, 3.63) is 69.5 Å². The van der Waals surface area contributed by atoms with E-state index in [1.54, 1.807) is 29.2 Å². The fraction of sp³-hybridized carbons (Fsp3) is 0.364. The van der Waals surface area contributed by atoms with Gasteiger partial charge in [-0.3, -0.25) is 9.59 Å². The number of rotatable bonds is 6. The Bertz CT molecular complexity index is 1080. The molecule has 6 nitrogen and oxygen atoms in total. The molecule has 4 rings (SSSR count). The Hall–Kier alpha value is -2.86. The molecule has 1 amide bonds. The zero-order chi connectivity index (χ0) is 19.8. The van der Waals surface area contributed by atoms with E-state index in [1.165, 1.54) is 4.90 Å². The molecule has 28 heavy (non-hydrogen) atoms. The number of aryl methyl sites for hydroxylation is 1. The number of carbonyl (C=O) groups excluding carboxylic acids is 1. The van der Waals surface area contributed by atoms with Crippen molar-refractivity contribution in [1.29, 1.82) is 0 Å². The predicted octanol–water partition coefficient (Wildman–Crippen LogP) is 2.16. The van der Waals surface area contributed by atoms with Gasteiger partial charge in [-0.2, -0.15) is 0 Å². The molecule has 1 aliphatic rings. The zero-order valence-electron chi connectivity index (χ0n) is 16.5. The Balaban J connectivity index is 1.85. The van der Waals surface area contributed by atoms with Gasteiger partial charge in [0.1, 0.15) is 23.1 Å². The Kier molecular flexibility index (Phi) is 4.81. The van der Waals surface area contributed by atoms with Gasteiger partial charge in [-0.05, 0) is 45.0 Å². The molecular weight excluding hydrogens is 356 g/mol. The summed E-state index contributed by atoms with van der Waals surface area (Å²) in [6.07, 6.45) is 0. The Morgan fingerprint density at radius 2 is 1.79 bits per heavy atom. The van der Waals surface area contributed by atoms with Gasteiger partial charge in [0.2, 0.25) is 5.76 Å². The fourth-order valence-electron chi connectivity index (χ4n) is 3.98. The second-order valence-electron chi connectivity index (χ2n) is 7.23. The van der Waals surface area contributed by atoms with E-state index in [9.17, 15) is 9.59 Å². The van der Waals surface area contributed by atoms with Gasteiger partial charge in [-0.15, -0.1) is 0 Å². The SMILES string of the molecule is CC[NH+](CC)CCN1C(=O)c2oc3ccccc3c(=O)c2[C@H]1c1ccc(C)o1. The monoisotopic (exact) mass is 381 g/mol. The lowest BCUT2D eigenvalue weighted by Gasteiger charge is -2.25. The van der Waals surface area contributed by atoms with E-state index in [2.05, 4.69) is 13.8 Å². The first kappa shape index (κ1) is 18.5. The molecule has 1 atom stereocenters. The van der Waals surface area contributed by atoms with Crippen LogP contribution in [0.2, 0.25) is 0 Å². The van der Waals surface area contributed by atoms with Crippen molar-refractivity contribution in [2.75, 3.05) is 26.2 Å². The molecule has 0 saturated carbocycles. The summed E-state index contributed by atoms with van der Waals surface area (Å²) in [5, 5.41) is 0.485. The summed E-state index contributed by atoms with van der Waals surface area (Å²) in [6.45, 7) is 9.41. The van der Waals surface area contributed by atoms with Gasteiger partial charge in [-0.25, -0.2) is 0 Å². The zero-order valence-corrected chi connectivity index (χ0v) is 16.5. The normalized spacial score (nSPS) is 16.4. The van der Waals surface area contributed by atoms with Crippen molar-refractivity contribution in [2.24, 2.45) is 0 Å². The number of furan rings is 1. The molecule has 0 unspecified atom stereocenters. The maximum atomic E-state index is 13.3. The molecular formula is C22H25N2O4+. The van der Waals surface area contributed by atoms with E-state index < -0.39 is 6.04 Å². The van der Waals surface area contributed by atoms with Crippen LogP contribution >= 0.6 is 0 Å². The van der Waals surface area contributed by atoms with E-state index in [4.69, 9.17) is 8.83 Å². The van der Waals surface area contributed by atoms with Crippen molar-refractivity contribution in [3.8, 4) is 0 Å². The topological polar surface area (TPSA) is 68.1 Å². The van der Waals surface area contributed by atoms with Crippen LogP contribution in [-0.4, -0.2) is 37.0 Å². The molecule has 1 N–H and O–H groups in total. The summed E-state index contributed by atoms with van der Waals surface area (Å²) in [5.41, 5.74) is 0.653. The van der Waals surface area contributed by atoms with Crippen molar-refractivity contribution >= 4 is 16.9 Å². The molecule has 3 heterocycles. The lowest BCUT2D eigenvalue weighted by Crippen LogP contribution is -3.12. The maximum absolute atomic E-state index is 13.3. The summed E-state index contributed by atoms with van der Waals surface area (Å²) in [7, 11) is 0. The number of para-hydroxylation sites is 1. The maximum Gasteiger partial charge on any atom is 0.291 e. The largest absolute Gasteiger partial charge is 0.464 e. The number of hydrogen-bond donors (Lipinski definition) is 1. The van der Waals surface area contributed by atoms with Crippen LogP contribution in [0.5, 0.6) is 0 Å². The Morgan fingerprint density at radius 1 is 1.04 bits per heavy atom. The van der Waals surface area contributed by atoms with E-state index in [0.717, 1.165) is 25.4 Å². The van der Waals surface area contributed by atoms with Crippen LogP contribution in [0.25, 0.3) is 11.0 Å². The molecule has 0 saturated heterocycles. The number of nitrogens with zero attached hydrogens (tertiary/aromatic N) is 1. The van der Waals surface area contributed by atoms with Gasteiger partial charge in [0.25, 0.3) is 5.91 Å². The molecule has 6 heteroatoms.